The highest BCUT2D eigenvalue weighted by Crippen LogP contribution is 2.23. The predicted octanol–water partition coefficient (Wildman–Crippen LogP) is 5.35. The first-order valence-electron chi connectivity index (χ1n) is 11.6. The fourth-order valence-electron chi connectivity index (χ4n) is 4.21. The minimum atomic E-state index is -0.0276. The second kappa shape index (κ2) is 10.8. The molecule has 0 unspecified atom stereocenters. The number of thioether (sulfide) groups is 1. The summed E-state index contributed by atoms with van der Waals surface area (Å²) in [5.74, 6) is 0.266. The molecule has 0 atom stereocenters. The Kier molecular flexibility index (Phi) is 7.65. The van der Waals surface area contributed by atoms with Crippen molar-refractivity contribution < 1.29 is 4.79 Å². The molecule has 1 aliphatic rings. The third-order valence-corrected chi connectivity index (χ3v) is 7.25. The number of rotatable bonds is 8. The number of carbonyl (C=O) groups excluding carboxylic acids is 1. The van der Waals surface area contributed by atoms with Crippen molar-refractivity contribution in [1.82, 2.24) is 14.5 Å². The number of hydrogen-bond donors (Lipinski definition) is 0. The summed E-state index contributed by atoms with van der Waals surface area (Å²) in [6.07, 6.45) is 7.89. The first-order chi connectivity index (χ1) is 16.0. The SMILES string of the molecule is Cc1ccccc1CN(C)C(=O)CSc1nc2ccccc2c(=O)n1CCC1=CCCCC1. The molecule has 0 radical (unpaired) electrons. The van der Waals surface area contributed by atoms with Crippen molar-refractivity contribution in [3.05, 3.63) is 81.7 Å². The van der Waals surface area contributed by atoms with Crippen molar-refractivity contribution in [1.29, 1.82) is 0 Å². The molecule has 33 heavy (non-hydrogen) atoms. The Bertz CT molecular complexity index is 1230. The maximum absolute atomic E-state index is 13.3. The van der Waals surface area contributed by atoms with Crippen LogP contribution < -0.4 is 5.56 Å². The molecule has 172 valence electrons. The first kappa shape index (κ1) is 23.3. The van der Waals surface area contributed by atoms with Crippen LogP contribution in [-0.4, -0.2) is 33.2 Å². The number of nitrogens with zero attached hydrogens (tertiary/aromatic N) is 3. The van der Waals surface area contributed by atoms with E-state index in [2.05, 4.69) is 25.1 Å². The van der Waals surface area contributed by atoms with Crippen LogP contribution in [-0.2, 0) is 17.9 Å². The minimum Gasteiger partial charge on any atom is -0.341 e. The molecule has 0 saturated heterocycles. The van der Waals surface area contributed by atoms with E-state index in [0.717, 1.165) is 24.8 Å². The number of allylic oxidation sites excluding steroid dienone is 2. The van der Waals surface area contributed by atoms with E-state index in [1.165, 1.54) is 35.7 Å². The van der Waals surface area contributed by atoms with Gasteiger partial charge in [0.2, 0.25) is 5.91 Å². The summed E-state index contributed by atoms with van der Waals surface area (Å²) >= 11 is 1.36. The Balaban J connectivity index is 1.51. The van der Waals surface area contributed by atoms with Crippen LogP contribution in [0.2, 0.25) is 0 Å². The largest absolute Gasteiger partial charge is 0.341 e. The van der Waals surface area contributed by atoms with Crippen molar-refractivity contribution in [3.8, 4) is 0 Å². The van der Waals surface area contributed by atoms with Crippen LogP contribution in [0.4, 0.5) is 0 Å². The molecular formula is C27H31N3O2S. The Labute approximate surface area is 199 Å². The summed E-state index contributed by atoms with van der Waals surface area (Å²) in [7, 11) is 1.83. The predicted molar refractivity (Wildman–Crippen MR) is 136 cm³/mol. The fraction of sp³-hybridized carbons (Fsp3) is 0.370. The molecule has 1 heterocycles. The van der Waals surface area contributed by atoms with Crippen LogP contribution in [0.1, 0.15) is 43.2 Å². The lowest BCUT2D eigenvalue weighted by Crippen LogP contribution is -2.29. The highest BCUT2D eigenvalue weighted by atomic mass is 32.2. The Morgan fingerprint density at radius 3 is 2.70 bits per heavy atom. The standard InChI is InChI=1S/C27H31N3O2S/c1-20-10-6-7-13-22(20)18-29(2)25(31)19-33-27-28-24-15-9-8-14-23(24)26(32)30(27)17-16-21-11-4-3-5-12-21/h6-11,13-15H,3-5,12,16-19H2,1-2H3. The Hall–Kier alpha value is -2.86. The lowest BCUT2D eigenvalue weighted by Gasteiger charge is -2.19. The van der Waals surface area contributed by atoms with Gasteiger partial charge in [-0.15, -0.1) is 0 Å². The molecule has 0 bridgehead atoms. The molecule has 0 spiro atoms. The quantitative estimate of drug-likeness (QED) is 0.258. The van der Waals surface area contributed by atoms with E-state index in [1.807, 2.05) is 43.4 Å². The van der Waals surface area contributed by atoms with Crippen molar-refractivity contribution in [2.24, 2.45) is 0 Å². The number of carbonyl (C=O) groups is 1. The number of fused-ring (bicyclic) bond motifs is 1. The summed E-state index contributed by atoms with van der Waals surface area (Å²) in [5.41, 5.74) is 4.39. The van der Waals surface area contributed by atoms with Gasteiger partial charge in [-0.2, -0.15) is 0 Å². The topological polar surface area (TPSA) is 55.2 Å². The lowest BCUT2D eigenvalue weighted by molar-refractivity contribution is -0.127. The summed E-state index contributed by atoms with van der Waals surface area (Å²) in [4.78, 5) is 32.7. The van der Waals surface area contributed by atoms with Crippen LogP contribution in [0.3, 0.4) is 0 Å². The molecule has 1 aromatic heterocycles. The molecule has 2 aromatic carbocycles. The molecule has 1 aliphatic carbocycles. The van der Waals surface area contributed by atoms with Gasteiger partial charge >= 0.3 is 0 Å². The molecule has 0 aliphatic heterocycles. The van der Waals surface area contributed by atoms with E-state index in [1.54, 1.807) is 9.47 Å². The molecule has 0 saturated carbocycles. The summed E-state index contributed by atoms with van der Waals surface area (Å²) in [6.45, 7) is 3.22. The molecular weight excluding hydrogens is 430 g/mol. The zero-order valence-electron chi connectivity index (χ0n) is 19.4. The summed E-state index contributed by atoms with van der Waals surface area (Å²) in [6, 6.07) is 15.6. The number of aryl methyl sites for hydroxylation is 1. The van der Waals surface area contributed by atoms with Crippen molar-refractivity contribution >= 4 is 28.6 Å². The van der Waals surface area contributed by atoms with E-state index in [0.29, 0.717) is 29.1 Å². The zero-order chi connectivity index (χ0) is 23.2. The van der Waals surface area contributed by atoms with Crippen LogP contribution in [0.5, 0.6) is 0 Å². The van der Waals surface area contributed by atoms with Crippen molar-refractivity contribution in [2.75, 3.05) is 12.8 Å². The van der Waals surface area contributed by atoms with E-state index < -0.39 is 0 Å². The summed E-state index contributed by atoms with van der Waals surface area (Å²) in [5, 5.41) is 1.25. The normalized spacial score (nSPS) is 13.7. The van der Waals surface area contributed by atoms with E-state index in [9.17, 15) is 9.59 Å². The molecule has 3 aromatic rings. The van der Waals surface area contributed by atoms with Gasteiger partial charge in [-0.1, -0.05) is 59.8 Å². The number of benzene rings is 2. The number of amides is 1. The van der Waals surface area contributed by atoms with Gasteiger partial charge in [-0.3, -0.25) is 14.2 Å². The number of hydrogen-bond acceptors (Lipinski definition) is 4. The maximum atomic E-state index is 13.3. The molecule has 5 nitrogen and oxygen atoms in total. The number of aromatic nitrogens is 2. The fourth-order valence-corrected chi connectivity index (χ4v) is 5.18. The monoisotopic (exact) mass is 461 g/mol. The Morgan fingerprint density at radius 2 is 1.91 bits per heavy atom. The number of para-hydroxylation sites is 1. The van der Waals surface area contributed by atoms with E-state index in [4.69, 9.17) is 4.98 Å². The van der Waals surface area contributed by atoms with Gasteiger partial charge in [0.15, 0.2) is 5.16 Å². The van der Waals surface area contributed by atoms with Crippen molar-refractivity contribution in [3.63, 3.8) is 0 Å². The van der Waals surface area contributed by atoms with Gasteiger partial charge in [0.25, 0.3) is 5.56 Å². The first-order valence-corrected chi connectivity index (χ1v) is 12.6. The summed E-state index contributed by atoms with van der Waals surface area (Å²) < 4.78 is 1.76. The van der Waals surface area contributed by atoms with Gasteiger partial charge in [-0.05, 0) is 62.3 Å². The second-order valence-corrected chi connectivity index (χ2v) is 9.63. The Morgan fingerprint density at radius 1 is 1.12 bits per heavy atom. The second-order valence-electron chi connectivity index (χ2n) is 8.69. The third-order valence-electron chi connectivity index (χ3n) is 6.29. The van der Waals surface area contributed by atoms with Gasteiger partial charge in [0, 0.05) is 20.1 Å². The van der Waals surface area contributed by atoms with E-state index >= 15 is 0 Å². The highest BCUT2D eigenvalue weighted by molar-refractivity contribution is 7.99. The van der Waals surface area contributed by atoms with Gasteiger partial charge in [-0.25, -0.2) is 4.98 Å². The molecule has 0 N–H and O–H groups in total. The van der Waals surface area contributed by atoms with Gasteiger partial charge in [0.1, 0.15) is 0 Å². The third kappa shape index (κ3) is 5.74. The maximum Gasteiger partial charge on any atom is 0.262 e. The zero-order valence-corrected chi connectivity index (χ0v) is 20.2. The van der Waals surface area contributed by atoms with Gasteiger partial charge in [0.05, 0.1) is 16.7 Å². The van der Waals surface area contributed by atoms with Crippen LogP contribution in [0.25, 0.3) is 10.9 Å². The lowest BCUT2D eigenvalue weighted by atomic mass is 9.97. The average Bonchev–Trinajstić information content (AvgIpc) is 2.84. The van der Waals surface area contributed by atoms with Crippen LogP contribution in [0, 0.1) is 6.92 Å². The van der Waals surface area contributed by atoms with Crippen molar-refractivity contribution in [2.45, 2.75) is 57.3 Å². The van der Waals surface area contributed by atoms with E-state index in [-0.39, 0.29) is 17.2 Å². The van der Waals surface area contributed by atoms with Crippen LogP contribution in [0.15, 0.2) is 70.1 Å². The molecule has 1 amide bonds. The molecule has 4 rings (SSSR count). The highest BCUT2D eigenvalue weighted by Gasteiger charge is 2.16. The minimum absolute atomic E-state index is 0.0206. The van der Waals surface area contributed by atoms with Crippen LogP contribution >= 0.6 is 11.8 Å². The molecule has 0 fully saturated rings. The average molecular weight is 462 g/mol. The molecule has 6 heteroatoms. The smallest absolute Gasteiger partial charge is 0.262 e. The van der Waals surface area contributed by atoms with Gasteiger partial charge < -0.3 is 4.90 Å².